The molecule has 9 nitrogen and oxygen atoms in total. The maximum atomic E-state index is 13.5. The Morgan fingerprint density at radius 2 is 1.95 bits per heavy atom. The Bertz CT molecular complexity index is 1430. The number of rotatable bonds is 12. The molecule has 1 amide bonds. The van der Waals surface area contributed by atoms with Crippen LogP contribution in [0.15, 0.2) is 60.7 Å². The minimum absolute atomic E-state index is 0.0404. The van der Waals surface area contributed by atoms with E-state index in [4.69, 9.17) is 14.2 Å². The number of aromatic nitrogens is 2. The molecule has 41 heavy (non-hydrogen) atoms. The zero-order chi connectivity index (χ0) is 28.9. The van der Waals surface area contributed by atoms with Gasteiger partial charge in [-0.05, 0) is 61.2 Å². The Hall–Kier alpha value is -4.27. The van der Waals surface area contributed by atoms with Crippen molar-refractivity contribution in [3.05, 3.63) is 77.4 Å². The van der Waals surface area contributed by atoms with Gasteiger partial charge in [0, 0.05) is 37.5 Å². The fourth-order valence-electron chi connectivity index (χ4n) is 5.53. The Morgan fingerprint density at radius 3 is 2.71 bits per heavy atom. The lowest BCUT2D eigenvalue weighted by Gasteiger charge is -2.26. The molecule has 1 saturated heterocycles. The summed E-state index contributed by atoms with van der Waals surface area (Å²) < 4.78 is 19.3. The van der Waals surface area contributed by atoms with Crippen molar-refractivity contribution in [2.24, 2.45) is 0 Å². The lowest BCUT2D eigenvalue weighted by atomic mass is 9.94. The highest BCUT2D eigenvalue weighted by molar-refractivity contribution is 6.46. The van der Waals surface area contributed by atoms with E-state index in [-0.39, 0.29) is 17.4 Å². The number of likely N-dealkylation sites (tertiary alicyclic amines) is 1. The summed E-state index contributed by atoms with van der Waals surface area (Å²) in [7, 11) is 1.56. The molecule has 0 unspecified atom stereocenters. The second-order valence-electron chi connectivity index (χ2n) is 10.6. The number of carbonyl (C=O) groups excluding carboxylic acids is 2. The molecule has 2 aliphatic rings. The van der Waals surface area contributed by atoms with Crippen LogP contribution >= 0.6 is 0 Å². The number of carbonyl (C=O) groups is 2. The normalized spacial score (nSPS) is 19.3. The second-order valence-corrected chi connectivity index (χ2v) is 10.6. The van der Waals surface area contributed by atoms with Crippen LogP contribution in [0, 0.1) is 0 Å². The summed E-state index contributed by atoms with van der Waals surface area (Å²) in [5.74, 6) is 0.318. The predicted octanol–water partition coefficient (Wildman–Crippen LogP) is 5.30. The highest BCUT2D eigenvalue weighted by Gasteiger charge is 2.46. The topological polar surface area (TPSA) is 103 Å². The molecular formula is C32H37N3O6. The summed E-state index contributed by atoms with van der Waals surface area (Å²) in [6.45, 7) is 5.64. The average Bonchev–Trinajstić information content (AvgIpc) is 3.69. The van der Waals surface area contributed by atoms with Gasteiger partial charge in [-0.25, -0.2) is 4.98 Å². The van der Waals surface area contributed by atoms with Gasteiger partial charge in [-0.2, -0.15) is 0 Å². The molecule has 3 aromatic rings. The molecule has 0 aliphatic carbocycles. The number of fused-ring (bicyclic) bond motifs is 1. The average molecular weight is 560 g/mol. The number of methoxy groups -OCH3 is 1. The van der Waals surface area contributed by atoms with E-state index in [2.05, 4.69) is 11.9 Å². The van der Waals surface area contributed by atoms with Gasteiger partial charge >= 0.3 is 0 Å². The van der Waals surface area contributed by atoms with Gasteiger partial charge in [0.15, 0.2) is 11.5 Å². The first kappa shape index (κ1) is 28.3. The van der Waals surface area contributed by atoms with E-state index in [0.29, 0.717) is 55.2 Å². The molecule has 2 atom stereocenters. The molecule has 0 bridgehead atoms. The first-order valence-electron chi connectivity index (χ1n) is 14.3. The van der Waals surface area contributed by atoms with Crippen molar-refractivity contribution in [3.8, 4) is 17.2 Å². The summed E-state index contributed by atoms with van der Waals surface area (Å²) in [6.07, 6.45) is 9.72. The van der Waals surface area contributed by atoms with Crippen molar-refractivity contribution in [3.63, 3.8) is 0 Å². The van der Waals surface area contributed by atoms with Crippen LogP contribution in [0.3, 0.4) is 0 Å². The maximum Gasteiger partial charge on any atom is 0.295 e. The Kier molecular flexibility index (Phi) is 8.61. The Balaban J connectivity index is 1.51. The number of benzene rings is 2. The number of ether oxygens (including phenoxy) is 3. The fraction of sp³-hybridized carbons (Fsp3) is 0.406. The smallest absolute Gasteiger partial charge is 0.295 e. The standard InChI is InChI=1S/C32H37N3O6/c1-4-5-6-16-40-26-11-8-22(19-27(26)39-3)29-28(30(36)23-9-10-25-24(18-23)17-21(2)41-25)31(37)32(38)35(29)14-7-13-34-15-12-33-20-34/h8-12,15,18-21,29,36H,4-7,13-14,16-17H2,1-3H3/b30-28+/t21-,29-/m0/s1. The van der Waals surface area contributed by atoms with Crippen molar-refractivity contribution in [1.82, 2.24) is 14.5 Å². The Labute approximate surface area is 240 Å². The molecule has 0 saturated carbocycles. The SMILES string of the molecule is CCCCCOc1ccc([C@H]2/C(=C(\O)c3ccc4c(c3)C[C@H](C)O4)C(=O)C(=O)N2CCCn2ccnc2)cc1OC. The van der Waals surface area contributed by atoms with E-state index < -0.39 is 17.7 Å². The fourth-order valence-corrected chi connectivity index (χ4v) is 5.53. The highest BCUT2D eigenvalue weighted by Crippen LogP contribution is 2.43. The van der Waals surface area contributed by atoms with Crippen molar-refractivity contribution < 1.29 is 28.9 Å². The maximum absolute atomic E-state index is 13.5. The van der Waals surface area contributed by atoms with Crippen LogP contribution in [0.1, 0.15) is 62.3 Å². The zero-order valence-electron chi connectivity index (χ0n) is 23.8. The first-order valence-corrected chi connectivity index (χ1v) is 14.3. The number of unbranched alkanes of at least 4 members (excludes halogenated alkanes) is 2. The first-order chi connectivity index (χ1) is 19.9. The van der Waals surface area contributed by atoms with E-state index in [9.17, 15) is 14.7 Å². The van der Waals surface area contributed by atoms with Crippen LogP contribution < -0.4 is 14.2 Å². The summed E-state index contributed by atoms with van der Waals surface area (Å²) in [4.78, 5) is 32.5. The number of nitrogens with zero attached hydrogens (tertiary/aromatic N) is 3. The number of aliphatic hydroxyl groups excluding tert-OH is 1. The van der Waals surface area contributed by atoms with Crippen LogP contribution in [0.2, 0.25) is 0 Å². The van der Waals surface area contributed by atoms with Crippen molar-refractivity contribution >= 4 is 17.4 Å². The number of imidazole rings is 1. The third-order valence-electron chi connectivity index (χ3n) is 7.59. The molecule has 1 fully saturated rings. The lowest BCUT2D eigenvalue weighted by Crippen LogP contribution is -2.31. The number of aliphatic hydroxyl groups is 1. The molecule has 2 aliphatic heterocycles. The van der Waals surface area contributed by atoms with Gasteiger partial charge in [0.2, 0.25) is 0 Å². The Morgan fingerprint density at radius 1 is 1.10 bits per heavy atom. The van der Waals surface area contributed by atoms with Crippen LogP contribution in [0.5, 0.6) is 17.2 Å². The number of ketones is 1. The molecule has 2 aromatic carbocycles. The minimum Gasteiger partial charge on any atom is -0.507 e. The molecule has 5 rings (SSSR count). The number of aryl methyl sites for hydroxylation is 1. The number of hydrogen-bond acceptors (Lipinski definition) is 7. The molecule has 1 N–H and O–H groups in total. The number of Topliss-reactive ketones (excluding diaryl/α,β-unsaturated/α-hetero) is 1. The van der Waals surface area contributed by atoms with E-state index in [1.165, 1.54) is 0 Å². The van der Waals surface area contributed by atoms with Gasteiger partial charge in [0.25, 0.3) is 11.7 Å². The monoisotopic (exact) mass is 559 g/mol. The van der Waals surface area contributed by atoms with E-state index in [1.54, 1.807) is 48.8 Å². The molecule has 1 aromatic heterocycles. The summed E-state index contributed by atoms with van der Waals surface area (Å²) in [6, 6.07) is 10.0. The molecule has 9 heteroatoms. The molecule has 0 spiro atoms. The predicted molar refractivity (Wildman–Crippen MR) is 154 cm³/mol. The van der Waals surface area contributed by atoms with Crippen LogP contribution in [-0.2, 0) is 22.6 Å². The quantitative estimate of drug-likeness (QED) is 0.139. The molecular weight excluding hydrogens is 522 g/mol. The minimum atomic E-state index is -0.788. The largest absolute Gasteiger partial charge is 0.507 e. The van der Waals surface area contributed by atoms with Crippen LogP contribution in [0.25, 0.3) is 5.76 Å². The van der Waals surface area contributed by atoms with Gasteiger partial charge in [0.05, 0.1) is 31.7 Å². The third-order valence-corrected chi connectivity index (χ3v) is 7.59. The molecule has 0 radical (unpaired) electrons. The van der Waals surface area contributed by atoms with E-state index >= 15 is 0 Å². The van der Waals surface area contributed by atoms with Gasteiger partial charge in [-0.15, -0.1) is 0 Å². The lowest BCUT2D eigenvalue weighted by molar-refractivity contribution is -0.139. The highest BCUT2D eigenvalue weighted by atomic mass is 16.5. The van der Waals surface area contributed by atoms with Gasteiger partial charge in [-0.1, -0.05) is 25.8 Å². The van der Waals surface area contributed by atoms with Crippen molar-refractivity contribution in [1.29, 1.82) is 0 Å². The summed E-state index contributed by atoms with van der Waals surface area (Å²) in [5.41, 5.74) is 2.15. The summed E-state index contributed by atoms with van der Waals surface area (Å²) >= 11 is 0. The summed E-state index contributed by atoms with van der Waals surface area (Å²) in [5, 5.41) is 11.5. The molecule has 216 valence electrons. The van der Waals surface area contributed by atoms with Crippen LogP contribution in [0.4, 0.5) is 0 Å². The van der Waals surface area contributed by atoms with Crippen molar-refractivity contribution in [2.45, 2.75) is 64.6 Å². The van der Waals surface area contributed by atoms with Crippen molar-refractivity contribution in [2.75, 3.05) is 20.3 Å². The van der Waals surface area contributed by atoms with Crippen LogP contribution in [-0.4, -0.2) is 57.6 Å². The van der Waals surface area contributed by atoms with E-state index in [1.807, 2.05) is 29.8 Å². The zero-order valence-corrected chi connectivity index (χ0v) is 23.8. The third kappa shape index (κ3) is 5.94. The number of hydrogen-bond donors (Lipinski definition) is 1. The molecule has 3 heterocycles. The van der Waals surface area contributed by atoms with Gasteiger partial charge in [0.1, 0.15) is 17.6 Å². The van der Waals surface area contributed by atoms with Gasteiger partial charge in [-0.3, -0.25) is 9.59 Å². The van der Waals surface area contributed by atoms with E-state index in [0.717, 1.165) is 30.6 Å². The second kappa shape index (κ2) is 12.5. The van der Waals surface area contributed by atoms with Gasteiger partial charge < -0.3 is 28.8 Å². The number of amides is 1.